The monoisotopic (exact) mass is 219 g/mol. The highest BCUT2D eigenvalue weighted by Gasteiger charge is 2.03. The first-order valence-electron chi connectivity index (χ1n) is 6.47. The van der Waals surface area contributed by atoms with Gasteiger partial charge in [0, 0.05) is 11.7 Å². The van der Waals surface area contributed by atoms with Gasteiger partial charge in [-0.05, 0) is 49.8 Å². The third-order valence-electron chi connectivity index (χ3n) is 2.93. The fourth-order valence-corrected chi connectivity index (χ4v) is 1.82. The third-order valence-corrected chi connectivity index (χ3v) is 2.93. The Kier molecular flexibility index (Phi) is 5.37. The van der Waals surface area contributed by atoms with Gasteiger partial charge in [-0.25, -0.2) is 0 Å². The van der Waals surface area contributed by atoms with Gasteiger partial charge in [-0.15, -0.1) is 0 Å². The maximum atomic E-state index is 3.57. The van der Waals surface area contributed by atoms with Crippen LogP contribution in [-0.2, 0) is 6.42 Å². The average molecular weight is 219 g/mol. The highest BCUT2D eigenvalue weighted by atomic mass is 14.9. The lowest BCUT2D eigenvalue weighted by Crippen LogP contribution is -2.15. The molecule has 0 aliphatic rings. The van der Waals surface area contributed by atoms with Crippen molar-refractivity contribution in [1.82, 2.24) is 0 Å². The molecule has 0 aliphatic carbocycles. The molecule has 0 spiro atoms. The van der Waals surface area contributed by atoms with Gasteiger partial charge in [0.2, 0.25) is 0 Å². The Hall–Kier alpha value is -0.980. The molecule has 1 aromatic carbocycles. The zero-order valence-electron chi connectivity index (χ0n) is 11.1. The van der Waals surface area contributed by atoms with Crippen molar-refractivity contribution in [2.24, 2.45) is 5.92 Å². The highest BCUT2D eigenvalue weighted by Crippen LogP contribution is 2.15. The van der Waals surface area contributed by atoms with E-state index in [1.807, 2.05) is 0 Å². The van der Waals surface area contributed by atoms with Gasteiger partial charge in [0.25, 0.3) is 0 Å². The second-order valence-corrected chi connectivity index (χ2v) is 5.07. The van der Waals surface area contributed by atoms with Crippen LogP contribution in [-0.4, -0.2) is 6.04 Å². The Balaban J connectivity index is 2.45. The van der Waals surface area contributed by atoms with E-state index in [-0.39, 0.29) is 0 Å². The molecule has 1 atom stereocenters. The molecule has 1 aromatic rings. The molecule has 0 saturated heterocycles. The molecule has 0 fully saturated rings. The second-order valence-electron chi connectivity index (χ2n) is 5.07. The zero-order valence-corrected chi connectivity index (χ0v) is 11.1. The summed E-state index contributed by atoms with van der Waals surface area (Å²) in [6, 6.07) is 9.30. The number of hydrogen-bond acceptors (Lipinski definition) is 1. The zero-order chi connectivity index (χ0) is 12.0. The van der Waals surface area contributed by atoms with Crippen molar-refractivity contribution < 1.29 is 0 Å². The standard InChI is InChI=1S/C15H25N/c1-5-14-7-6-8-15(11-14)16-13(4)10-9-12(2)3/h6-8,11-13,16H,5,9-10H2,1-4H3. The summed E-state index contributed by atoms with van der Waals surface area (Å²) in [6.07, 6.45) is 3.64. The van der Waals surface area contributed by atoms with E-state index in [4.69, 9.17) is 0 Å². The number of anilines is 1. The van der Waals surface area contributed by atoms with E-state index < -0.39 is 0 Å². The first-order chi connectivity index (χ1) is 7.61. The average Bonchev–Trinajstić information content (AvgIpc) is 2.26. The van der Waals surface area contributed by atoms with Gasteiger partial charge in [-0.1, -0.05) is 32.9 Å². The van der Waals surface area contributed by atoms with Crippen LogP contribution in [0.1, 0.15) is 46.1 Å². The Labute approximate surface area is 100 Å². The largest absolute Gasteiger partial charge is 0.383 e. The Bertz CT molecular complexity index is 304. The minimum Gasteiger partial charge on any atom is -0.383 e. The summed E-state index contributed by atoms with van der Waals surface area (Å²) in [5.41, 5.74) is 2.66. The Morgan fingerprint density at radius 1 is 1.12 bits per heavy atom. The molecule has 1 rings (SSSR count). The maximum absolute atomic E-state index is 3.57. The first kappa shape index (κ1) is 13.1. The van der Waals surface area contributed by atoms with Crippen LogP contribution in [0.2, 0.25) is 0 Å². The molecule has 90 valence electrons. The molecule has 0 saturated carbocycles. The van der Waals surface area contributed by atoms with Crippen LogP contribution < -0.4 is 5.32 Å². The summed E-state index contributed by atoms with van der Waals surface area (Å²) in [5, 5.41) is 3.57. The Morgan fingerprint density at radius 3 is 2.50 bits per heavy atom. The summed E-state index contributed by atoms with van der Waals surface area (Å²) in [7, 11) is 0. The summed E-state index contributed by atoms with van der Waals surface area (Å²) in [4.78, 5) is 0. The summed E-state index contributed by atoms with van der Waals surface area (Å²) in [6.45, 7) is 9.02. The fourth-order valence-electron chi connectivity index (χ4n) is 1.82. The van der Waals surface area contributed by atoms with Gasteiger partial charge >= 0.3 is 0 Å². The van der Waals surface area contributed by atoms with Crippen LogP contribution in [0.3, 0.4) is 0 Å². The van der Waals surface area contributed by atoms with Gasteiger partial charge in [-0.2, -0.15) is 0 Å². The predicted molar refractivity (Wildman–Crippen MR) is 73.0 cm³/mol. The lowest BCUT2D eigenvalue weighted by molar-refractivity contribution is 0.527. The van der Waals surface area contributed by atoms with Crippen LogP contribution in [0.15, 0.2) is 24.3 Å². The molecular formula is C15H25N. The van der Waals surface area contributed by atoms with Crippen LogP contribution in [0.4, 0.5) is 5.69 Å². The van der Waals surface area contributed by atoms with Crippen molar-refractivity contribution in [2.75, 3.05) is 5.32 Å². The molecular weight excluding hydrogens is 194 g/mol. The molecule has 0 radical (unpaired) electrons. The molecule has 1 heteroatoms. The van der Waals surface area contributed by atoms with Crippen molar-refractivity contribution in [2.45, 2.75) is 53.0 Å². The van der Waals surface area contributed by atoms with Crippen LogP contribution in [0.25, 0.3) is 0 Å². The van der Waals surface area contributed by atoms with Crippen molar-refractivity contribution in [3.05, 3.63) is 29.8 Å². The number of aryl methyl sites for hydroxylation is 1. The van der Waals surface area contributed by atoms with E-state index in [9.17, 15) is 0 Å². The smallest absolute Gasteiger partial charge is 0.0344 e. The van der Waals surface area contributed by atoms with E-state index in [0.29, 0.717) is 6.04 Å². The molecule has 0 amide bonds. The Morgan fingerprint density at radius 2 is 1.88 bits per heavy atom. The van der Waals surface area contributed by atoms with Gasteiger partial charge in [0.1, 0.15) is 0 Å². The van der Waals surface area contributed by atoms with E-state index in [1.165, 1.54) is 24.1 Å². The van der Waals surface area contributed by atoms with Gasteiger partial charge in [0.05, 0.1) is 0 Å². The van der Waals surface area contributed by atoms with Crippen molar-refractivity contribution in [1.29, 1.82) is 0 Å². The van der Waals surface area contributed by atoms with Gasteiger partial charge < -0.3 is 5.32 Å². The summed E-state index contributed by atoms with van der Waals surface area (Å²) >= 11 is 0. The molecule has 0 heterocycles. The minimum absolute atomic E-state index is 0.564. The van der Waals surface area contributed by atoms with E-state index in [2.05, 4.69) is 57.3 Å². The maximum Gasteiger partial charge on any atom is 0.0344 e. The molecule has 0 bridgehead atoms. The molecule has 0 aliphatic heterocycles. The van der Waals surface area contributed by atoms with Crippen molar-refractivity contribution >= 4 is 5.69 Å². The number of nitrogens with one attached hydrogen (secondary N) is 1. The topological polar surface area (TPSA) is 12.0 Å². The third kappa shape index (κ3) is 4.69. The van der Waals surface area contributed by atoms with E-state index >= 15 is 0 Å². The van der Waals surface area contributed by atoms with Crippen LogP contribution >= 0.6 is 0 Å². The predicted octanol–water partition coefficient (Wildman–Crippen LogP) is 4.49. The minimum atomic E-state index is 0.564. The van der Waals surface area contributed by atoms with Crippen molar-refractivity contribution in [3.63, 3.8) is 0 Å². The fraction of sp³-hybridized carbons (Fsp3) is 0.600. The summed E-state index contributed by atoms with van der Waals surface area (Å²) in [5.74, 6) is 0.797. The SMILES string of the molecule is CCc1cccc(NC(C)CCC(C)C)c1. The lowest BCUT2D eigenvalue weighted by atomic mass is 10.0. The quantitative estimate of drug-likeness (QED) is 0.743. The van der Waals surface area contributed by atoms with Gasteiger partial charge in [-0.3, -0.25) is 0 Å². The van der Waals surface area contributed by atoms with E-state index in [1.54, 1.807) is 0 Å². The molecule has 0 aromatic heterocycles. The lowest BCUT2D eigenvalue weighted by Gasteiger charge is -2.16. The number of hydrogen-bond donors (Lipinski definition) is 1. The molecule has 1 unspecified atom stereocenters. The molecule has 16 heavy (non-hydrogen) atoms. The van der Waals surface area contributed by atoms with Crippen LogP contribution in [0, 0.1) is 5.92 Å². The molecule has 1 nitrogen and oxygen atoms in total. The van der Waals surface area contributed by atoms with Crippen molar-refractivity contribution in [3.8, 4) is 0 Å². The van der Waals surface area contributed by atoms with Crippen LogP contribution in [0.5, 0.6) is 0 Å². The normalized spacial score (nSPS) is 12.8. The number of rotatable bonds is 6. The van der Waals surface area contributed by atoms with Gasteiger partial charge in [0.15, 0.2) is 0 Å². The molecule has 1 N–H and O–H groups in total. The highest BCUT2D eigenvalue weighted by molar-refractivity contribution is 5.46. The summed E-state index contributed by atoms with van der Waals surface area (Å²) < 4.78 is 0. The first-order valence-corrected chi connectivity index (χ1v) is 6.47. The number of benzene rings is 1. The van der Waals surface area contributed by atoms with E-state index in [0.717, 1.165) is 12.3 Å². The second kappa shape index (κ2) is 6.57.